The fraction of sp³-hybridized carbons (Fsp3) is 0.318. The summed E-state index contributed by atoms with van der Waals surface area (Å²) in [6, 6.07) is 14.4. The quantitative estimate of drug-likeness (QED) is 0.584. The summed E-state index contributed by atoms with van der Waals surface area (Å²) in [4.78, 5) is 8.58. The van der Waals surface area contributed by atoms with Crippen molar-refractivity contribution in [2.75, 3.05) is 18.0 Å². The van der Waals surface area contributed by atoms with Crippen molar-refractivity contribution < 1.29 is 8.42 Å². The van der Waals surface area contributed by atoms with Crippen molar-refractivity contribution in [1.82, 2.24) is 4.98 Å². The molecule has 0 unspecified atom stereocenters. The Morgan fingerprint density at radius 3 is 2.30 bits per heavy atom. The summed E-state index contributed by atoms with van der Waals surface area (Å²) < 4.78 is 23.3. The molecule has 2 N–H and O–H groups in total. The van der Waals surface area contributed by atoms with Gasteiger partial charge in [0, 0.05) is 23.7 Å². The summed E-state index contributed by atoms with van der Waals surface area (Å²) >= 11 is 7.75. The molecule has 2 aliphatic rings. The Balaban J connectivity index is 1.57. The maximum Gasteiger partial charge on any atom is 0.238 e. The molecule has 5 rings (SSSR count). The first-order valence-corrected chi connectivity index (χ1v) is 12.7. The summed E-state index contributed by atoms with van der Waals surface area (Å²) in [5, 5.41) is 6.96. The fourth-order valence-electron chi connectivity index (χ4n) is 4.20. The molecule has 156 valence electrons. The van der Waals surface area contributed by atoms with Gasteiger partial charge in [0.05, 0.1) is 15.5 Å². The lowest BCUT2D eigenvalue weighted by Gasteiger charge is -2.32. The van der Waals surface area contributed by atoms with Crippen LogP contribution in [0.2, 0.25) is 5.02 Å². The van der Waals surface area contributed by atoms with Crippen LogP contribution in [0.4, 0.5) is 5.13 Å². The average molecular weight is 460 g/mol. The van der Waals surface area contributed by atoms with Gasteiger partial charge in [-0.2, -0.15) is 0 Å². The summed E-state index contributed by atoms with van der Waals surface area (Å²) in [7, 11) is -3.72. The van der Waals surface area contributed by atoms with E-state index in [4.69, 9.17) is 21.7 Å². The number of nitrogens with zero attached hydrogens (tertiary/aromatic N) is 2. The third kappa shape index (κ3) is 3.87. The van der Waals surface area contributed by atoms with Gasteiger partial charge in [0.2, 0.25) is 10.0 Å². The highest BCUT2D eigenvalue weighted by atomic mass is 35.5. The second-order valence-corrected chi connectivity index (χ2v) is 11.3. The van der Waals surface area contributed by atoms with Crippen LogP contribution in [0.15, 0.2) is 53.4 Å². The minimum absolute atomic E-state index is 0.107. The van der Waals surface area contributed by atoms with Crippen molar-refractivity contribution in [1.29, 1.82) is 0 Å². The normalized spacial score (nSPS) is 18.0. The van der Waals surface area contributed by atoms with E-state index in [2.05, 4.69) is 4.90 Å². The van der Waals surface area contributed by atoms with Gasteiger partial charge in [-0.05, 0) is 60.9 Å². The van der Waals surface area contributed by atoms with Crippen LogP contribution in [-0.2, 0) is 10.0 Å². The molecule has 30 heavy (non-hydrogen) atoms. The molecule has 1 aliphatic carbocycles. The second kappa shape index (κ2) is 7.34. The molecule has 1 spiro atoms. The Bertz CT molecular complexity index is 1180. The number of hydrogen-bond acceptors (Lipinski definition) is 5. The maximum absolute atomic E-state index is 11.6. The van der Waals surface area contributed by atoms with E-state index < -0.39 is 10.0 Å². The number of thiazole rings is 1. The highest BCUT2D eigenvalue weighted by Gasteiger charge is 2.46. The van der Waals surface area contributed by atoms with Gasteiger partial charge in [-0.15, -0.1) is 0 Å². The molecule has 1 aromatic heterocycles. The number of primary sulfonamides is 1. The van der Waals surface area contributed by atoms with E-state index in [-0.39, 0.29) is 4.90 Å². The smallest absolute Gasteiger partial charge is 0.238 e. The van der Waals surface area contributed by atoms with Gasteiger partial charge in [0.15, 0.2) is 5.13 Å². The van der Waals surface area contributed by atoms with E-state index in [1.54, 1.807) is 35.6 Å². The van der Waals surface area contributed by atoms with Gasteiger partial charge in [-0.25, -0.2) is 18.5 Å². The molecule has 2 aromatic carbocycles. The number of sulfonamides is 1. The highest BCUT2D eigenvalue weighted by molar-refractivity contribution is 7.89. The van der Waals surface area contributed by atoms with Crippen LogP contribution in [0, 0.1) is 5.41 Å². The Morgan fingerprint density at radius 2 is 1.67 bits per heavy atom. The third-order valence-corrected chi connectivity index (χ3v) is 8.41. The molecule has 3 aromatic rings. The molecule has 8 heteroatoms. The van der Waals surface area contributed by atoms with Crippen LogP contribution in [-0.4, -0.2) is 26.5 Å². The molecule has 1 saturated heterocycles. The molecular weight excluding hydrogens is 438 g/mol. The van der Waals surface area contributed by atoms with Crippen molar-refractivity contribution in [3.63, 3.8) is 0 Å². The van der Waals surface area contributed by atoms with Crippen molar-refractivity contribution in [2.45, 2.75) is 30.6 Å². The Kier molecular flexibility index (Phi) is 4.89. The van der Waals surface area contributed by atoms with Gasteiger partial charge in [0.1, 0.15) is 0 Å². The molecule has 2 heterocycles. The Hall–Kier alpha value is -1.93. The van der Waals surface area contributed by atoms with Crippen LogP contribution in [0.5, 0.6) is 0 Å². The number of aromatic nitrogens is 1. The molecule has 2 fully saturated rings. The molecule has 5 nitrogen and oxygen atoms in total. The number of piperidine rings is 1. The SMILES string of the molecule is NS(=O)(=O)c1ccc(-c2sc(N3CCCC4(CC4)C3)nc2-c2ccc(Cl)cc2)cc1. The average Bonchev–Trinajstić information content (AvgIpc) is 3.31. The number of rotatable bonds is 4. The van der Waals surface area contributed by atoms with Crippen LogP contribution >= 0.6 is 22.9 Å². The molecule has 0 radical (unpaired) electrons. The predicted molar refractivity (Wildman–Crippen MR) is 122 cm³/mol. The van der Waals surface area contributed by atoms with E-state index in [0.29, 0.717) is 10.4 Å². The molecule has 1 aliphatic heterocycles. The lowest BCUT2D eigenvalue weighted by molar-refractivity contribution is 0.395. The number of hydrogen-bond donors (Lipinski definition) is 1. The Labute approximate surface area is 185 Å². The standard InChI is InChI=1S/C22H22ClN3O2S2/c23-17-6-2-15(3-7-17)19-20(16-4-8-18(9-5-16)30(24,27)28)29-21(25-19)26-13-1-10-22(14-26)11-12-22/h2-9H,1,10-14H2,(H2,24,27,28). The first-order chi connectivity index (χ1) is 14.3. The largest absolute Gasteiger partial charge is 0.348 e. The molecule has 0 amide bonds. The zero-order valence-corrected chi connectivity index (χ0v) is 18.7. The fourth-order valence-corrected chi connectivity index (χ4v) is 5.96. The third-order valence-electron chi connectivity index (χ3n) is 6.07. The van der Waals surface area contributed by atoms with Crippen molar-refractivity contribution in [2.24, 2.45) is 10.6 Å². The van der Waals surface area contributed by atoms with Gasteiger partial charge >= 0.3 is 0 Å². The van der Waals surface area contributed by atoms with E-state index in [1.165, 1.54) is 25.7 Å². The van der Waals surface area contributed by atoms with Gasteiger partial charge in [-0.1, -0.05) is 47.2 Å². The number of benzene rings is 2. The number of nitrogens with two attached hydrogens (primary N) is 1. The zero-order valence-electron chi connectivity index (χ0n) is 16.3. The van der Waals surface area contributed by atoms with E-state index in [9.17, 15) is 8.42 Å². The van der Waals surface area contributed by atoms with Crippen LogP contribution in [0.25, 0.3) is 21.7 Å². The Morgan fingerprint density at radius 1 is 1.00 bits per heavy atom. The van der Waals surface area contributed by atoms with Crippen molar-refractivity contribution in [3.05, 3.63) is 53.6 Å². The molecule has 0 bridgehead atoms. The predicted octanol–water partition coefficient (Wildman–Crippen LogP) is 5.16. The minimum Gasteiger partial charge on any atom is -0.348 e. The first-order valence-electron chi connectivity index (χ1n) is 9.98. The van der Waals surface area contributed by atoms with Crippen LogP contribution in [0.1, 0.15) is 25.7 Å². The first kappa shape index (κ1) is 20.0. The van der Waals surface area contributed by atoms with E-state index in [0.717, 1.165) is 39.9 Å². The van der Waals surface area contributed by atoms with Gasteiger partial charge < -0.3 is 4.90 Å². The zero-order chi connectivity index (χ0) is 20.9. The van der Waals surface area contributed by atoms with Crippen LogP contribution in [0.3, 0.4) is 0 Å². The lowest BCUT2D eigenvalue weighted by atomic mass is 9.95. The van der Waals surface area contributed by atoms with Crippen molar-refractivity contribution in [3.8, 4) is 21.7 Å². The molecular formula is C22H22ClN3O2S2. The molecule has 1 saturated carbocycles. The number of anilines is 1. The van der Waals surface area contributed by atoms with Crippen molar-refractivity contribution >= 4 is 38.1 Å². The van der Waals surface area contributed by atoms with E-state index >= 15 is 0 Å². The maximum atomic E-state index is 11.6. The summed E-state index contributed by atoms with van der Waals surface area (Å²) in [5.74, 6) is 0. The molecule has 0 atom stereocenters. The lowest BCUT2D eigenvalue weighted by Crippen LogP contribution is -2.36. The van der Waals surface area contributed by atoms with Crippen LogP contribution < -0.4 is 10.0 Å². The van der Waals surface area contributed by atoms with E-state index in [1.807, 2.05) is 24.3 Å². The second-order valence-electron chi connectivity index (χ2n) is 8.28. The van der Waals surface area contributed by atoms with Gasteiger partial charge in [0.25, 0.3) is 0 Å². The number of halogens is 1. The summed E-state index contributed by atoms with van der Waals surface area (Å²) in [6.45, 7) is 2.10. The summed E-state index contributed by atoms with van der Waals surface area (Å²) in [5.41, 5.74) is 3.31. The monoisotopic (exact) mass is 459 g/mol. The summed E-state index contributed by atoms with van der Waals surface area (Å²) in [6.07, 6.45) is 5.16. The minimum atomic E-state index is -3.72. The highest BCUT2D eigenvalue weighted by Crippen LogP contribution is 2.53. The van der Waals surface area contributed by atoms with Gasteiger partial charge in [-0.3, -0.25) is 0 Å². The topological polar surface area (TPSA) is 76.3 Å².